The van der Waals surface area contributed by atoms with E-state index >= 15 is 0 Å². The Kier molecular flexibility index (Phi) is 4.09. The van der Waals surface area contributed by atoms with Crippen LogP contribution in [0.1, 0.15) is 33.9 Å². The summed E-state index contributed by atoms with van der Waals surface area (Å²) in [6, 6.07) is 14.1. The van der Waals surface area contributed by atoms with Crippen molar-refractivity contribution in [1.82, 2.24) is 4.90 Å². The molecule has 1 saturated heterocycles. The number of hydrogen-bond acceptors (Lipinski definition) is 3. The van der Waals surface area contributed by atoms with Gasteiger partial charge < -0.3 is 10.0 Å². The number of carbonyl (C=O) groups is 1. The van der Waals surface area contributed by atoms with Crippen molar-refractivity contribution in [3.05, 3.63) is 71.0 Å². The average molecular weight is 310 g/mol. The third-order valence-corrected chi connectivity index (χ3v) is 4.06. The summed E-state index contributed by atoms with van der Waals surface area (Å²) in [5.41, 5.74) is 1.74. The van der Waals surface area contributed by atoms with Crippen LogP contribution in [-0.4, -0.2) is 28.6 Å². The molecule has 4 nitrogen and oxygen atoms in total. The first kappa shape index (κ1) is 15.2. The van der Waals surface area contributed by atoms with Crippen molar-refractivity contribution in [3.8, 4) is 6.07 Å². The summed E-state index contributed by atoms with van der Waals surface area (Å²) < 4.78 is 13.1. The molecule has 0 unspecified atom stereocenters. The first-order valence-electron chi connectivity index (χ1n) is 7.33. The highest BCUT2D eigenvalue weighted by atomic mass is 19.1. The van der Waals surface area contributed by atoms with Gasteiger partial charge in [-0.3, -0.25) is 4.79 Å². The normalized spacial score (nSPS) is 20.3. The molecule has 2 aromatic carbocycles. The maximum Gasteiger partial charge on any atom is 0.254 e. The summed E-state index contributed by atoms with van der Waals surface area (Å²) in [6.07, 6.45) is -0.180. The van der Waals surface area contributed by atoms with Crippen LogP contribution >= 0.6 is 0 Å². The van der Waals surface area contributed by atoms with Gasteiger partial charge in [0.25, 0.3) is 5.91 Å². The molecule has 1 N–H and O–H groups in total. The van der Waals surface area contributed by atoms with Crippen LogP contribution in [0.5, 0.6) is 0 Å². The summed E-state index contributed by atoms with van der Waals surface area (Å²) >= 11 is 0. The van der Waals surface area contributed by atoms with Gasteiger partial charge in [0, 0.05) is 12.1 Å². The topological polar surface area (TPSA) is 64.3 Å². The first-order valence-corrected chi connectivity index (χ1v) is 7.33. The van der Waals surface area contributed by atoms with Crippen molar-refractivity contribution in [3.63, 3.8) is 0 Å². The van der Waals surface area contributed by atoms with Crippen molar-refractivity contribution >= 4 is 5.91 Å². The van der Waals surface area contributed by atoms with Gasteiger partial charge in [0.1, 0.15) is 5.82 Å². The molecule has 1 aliphatic rings. The maximum atomic E-state index is 13.1. The van der Waals surface area contributed by atoms with E-state index in [4.69, 9.17) is 5.26 Å². The zero-order chi connectivity index (χ0) is 16.4. The fraction of sp³-hybridized carbons (Fsp3) is 0.222. The van der Waals surface area contributed by atoms with Gasteiger partial charge in [0.2, 0.25) is 0 Å². The number of hydrogen-bond donors (Lipinski definition) is 1. The van der Waals surface area contributed by atoms with Gasteiger partial charge in [-0.05, 0) is 48.4 Å². The summed E-state index contributed by atoms with van der Waals surface area (Å²) in [6.45, 7) is 0.237. The highest BCUT2D eigenvalue weighted by Gasteiger charge is 2.35. The molecule has 0 radical (unpaired) electrons. The summed E-state index contributed by atoms with van der Waals surface area (Å²) in [5, 5.41) is 18.8. The summed E-state index contributed by atoms with van der Waals surface area (Å²) in [7, 11) is 0. The van der Waals surface area contributed by atoms with Gasteiger partial charge in [-0.25, -0.2) is 4.39 Å². The predicted molar refractivity (Wildman–Crippen MR) is 82.0 cm³/mol. The Labute approximate surface area is 133 Å². The molecule has 0 bridgehead atoms. The minimum Gasteiger partial charge on any atom is -0.391 e. The van der Waals surface area contributed by atoms with E-state index in [2.05, 4.69) is 0 Å². The Morgan fingerprint density at radius 1 is 1.17 bits per heavy atom. The van der Waals surface area contributed by atoms with E-state index < -0.39 is 6.10 Å². The zero-order valence-corrected chi connectivity index (χ0v) is 12.3. The Balaban J connectivity index is 1.87. The SMILES string of the molecule is N#Cc1ccc(C(=O)N2C[C@H](O)C[C@@H]2c2ccc(F)cc2)cc1. The van der Waals surface area contributed by atoms with Crippen molar-refractivity contribution in [2.75, 3.05) is 6.54 Å². The molecule has 116 valence electrons. The van der Waals surface area contributed by atoms with Crippen LogP contribution in [-0.2, 0) is 0 Å². The quantitative estimate of drug-likeness (QED) is 0.927. The first-order chi connectivity index (χ1) is 11.1. The van der Waals surface area contributed by atoms with Crippen molar-refractivity contribution in [2.45, 2.75) is 18.6 Å². The molecule has 3 rings (SSSR count). The Morgan fingerprint density at radius 2 is 1.83 bits per heavy atom. The third kappa shape index (κ3) is 3.08. The van der Waals surface area contributed by atoms with E-state index in [-0.39, 0.29) is 24.3 Å². The van der Waals surface area contributed by atoms with Gasteiger partial charge >= 0.3 is 0 Å². The van der Waals surface area contributed by atoms with Crippen molar-refractivity contribution in [2.24, 2.45) is 0 Å². The van der Waals surface area contributed by atoms with E-state index in [9.17, 15) is 14.3 Å². The number of aliphatic hydroxyl groups is 1. The van der Waals surface area contributed by atoms with Gasteiger partial charge in [-0.15, -0.1) is 0 Å². The number of aliphatic hydroxyl groups excluding tert-OH is 1. The minimum atomic E-state index is -0.604. The molecular formula is C18H15FN2O2. The second kappa shape index (κ2) is 6.19. The molecule has 1 fully saturated rings. The molecule has 1 heterocycles. The Morgan fingerprint density at radius 3 is 2.43 bits per heavy atom. The number of likely N-dealkylation sites (tertiary alicyclic amines) is 1. The van der Waals surface area contributed by atoms with Crippen LogP contribution in [0.15, 0.2) is 48.5 Å². The van der Waals surface area contributed by atoms with Crippen molar-refractivity contribution in [1.29, 1.82) is 5.26 Å². The molecule has 5 heteroatoms. The number of benzene rings is 2. The molecule has 0 spiro atoms. The fourth-order valence-corrected chi connectivity index (χ4v) is 2.89. The number of β-amino-alcohol motifs (C(OH)–C–C–N with tert-alkyl or cyclic N) is 1. The smallest absolute Gasteiger partial charge is 0.254 e. The molecule has 1 aliphatic heterocycles. The maximum absolute atomic E-state index is 13.1. The van der Waals surface area contributed by atoms with Crippen LogP contribution in [0, 0.1) is 17.1 Å². The lowest BCUT2D eigenvalue weighted by Gasteiger charge is -2.25. The van der Waals surface area contributed by atoms with Crippen LogP contribution < -0.4 is 0 Å². The van der Waals surface area contributed by atoms with E-state index in [0.29, 0.717) is 17.5 Å². The summed E-state index contributed by atoms with van der Waals surface area (Å²) in [4.78, 5) is 14.3. The van der Waals surface area contributed by atoms with E-state index in [1.807, 2.05) is 6.07 Å². The second-order valence-corrected chi connectivity index (χ2v) is 5.60. The van der Waals surface area contributed by atoms with Crippen LogP contribution in [0.25, 0.3) is 0 Å². The molecule has 2 atom stereocenters. The van der Waals surface area contributed by atoms with E-state index in [1.165, 1.54) is 12.1 Å². The largest absolute Gasteiger partial charge is 0.391 e. The van der Waals surface area contributed by atoms with Gasteiger partial charge in [0.15, 0.2) is 0 Å². The number of amides is 1. The van der Waals surface area contributed by atoms with E-state index in [1.54, 1.807) is 41.3 Å². The zero-order valence-electron chi connectivity index (χ0n) is 12.3. The molecule has 0 aromatic heterocycles. The van der Waals surface area contributed by atoms with E-state index in [0.717, 1.165) is 5.56 Å². The number of rotatable bonds is 2. The van der Waals surface area contributed by atoms with Crippen LogP contribution in [0.4, 0.5) is 4.39 Å². The summed E-state index contributed by atoms with van der Waals surface area (Å²) in [5.74, 6) is -0.544. The number of nitrogens with zero attached hydrogens (tertiary/aromatic N) is 2. The van der Waals surface area contributed by atoms with Gasteiger partial charge in [0.05, 0.1) is 23.8 Å². The number of halogens is 1. The lowest BCUT2D eigenvalue weighted by molar-refractivity contribution is 0.0716. The second-order valence-electron chi connectivity index (χ2n) is 5.60. The lowest BCUT2D eigenvalue weighted by atomic mass is 10.0. The minimum absolute atomic E-state index is 0.208. The van der Waals surface area contributed by atoms with Crippen LogP contribution in [0.3, 0.4) is 0 Å². The molecule has 2 aromatic rings. The fourth-order valence-electron chi connectivity index (χ4n) is 2.89. The molecule has 0 saturated carbocycles. The predicted octanol–water partition coefficient (Wildman–Crippen LogP) is 2.65. The monoisotopic (exact) mass is 310 g/mol. The molecular weight excluding hydrogens is 295 g/mol. The molecule has 23 heavy (non-hydrogen) atoms. The lowest BCUT2D eigenvalue weighted by Crippen LogP contribution is -2.31. The standard InChI is InChI=1S/C18H15FN2O2/c19-15-7-5-13(6-8-15)17-9-16(22)11-21(17)18(23)14-3-1-12(10-20)2-4-14/h1-8,16-17,22H,9,11H2/t16-,17-/m1/s1. The Bertz CT molecular complexity index is 750. The average Bonchev–Trinajstić information content (AvgIpc) is 2.97. The third-order valence-electron chi connectivity index (χ3n) is 4.06. The van der Waals surface area contributed by atoms with Gasteiger partial charge in [-0.2, -0.15) is 5.26 Å². The highest BCUT2D eigenvalue weighted by molar-refractivity contribution is 5.94. The number of carbonyl (C=O) groups excluding carboxylic acids is 1. The molecule has 1 amide bonds. The number of nitriles is 1. The Hall–Kier alpha value is -2.71. The van der Waals surface area contributed by atoms with Gasteiger partial charge in [-0.1, -0.05) is 12.1 Å². The van der Waals surface area contributed by atoms with Crippen molar-refractivity contribution < 1.29 is 14.3 Å². The highest BCUT2D eigenvalue weighted by Crippen LogP contribution is 2.33. The van der Waals surface area contributed by atoms with Crippen LogP contribution in [0.2, 0.25) is 0 Å². The molecule has 0 aliphatic carbocycles.